The third kappa shape index (κ3) is 4.07. The number of pyridine rings is 1. The number of hydrogen-bond acceptors (Lipinski definition) is 3. The van der Waals surface area contributed by atoms with E-state index in [4.69, 9.17) is 9.41 Å². The molecule has 5 aromatic rings. The van der Waals surface area contributed by atoms with Gasteiger partial charge in [-0.1, -0.05) is 97.1 Å². The van der Waals surface area contributed by atoms with E-state index in [1.54, 1.807) is 6.20 Å². The van der Waals surface area contributed by atoms with Gasteiger partial charge in [0.25, 0.3) is 0 Å². The molecule has 0 spiro atoms. The maximum atomic E-state index is 6.49. The minimum atomic E-state index is 0.637. The monoisotopic (exact) mass is 400 g/mol. The van der Waals surface area contributed by atoms with Crippen LogP contribution in [-0.2, 0) is 0 Å². The first-order valence-corrected chi connectivity index (χ1v) is 10.2. The smallest absolute Gasteiger partial charge is 0.161 e. The molecule has 0 aliphatic carbocycles. The molecule has 2 aromatic heterocycles. The molecule has 0 unspecified atom stereocenters. The van der Waals surface area contributed by atoms with Crippen LogP contribution in [-0.4, -0.2) is 10.7 Å². The summed E-state index contributed by atoms with van der Waals surface area (Å²) in [6.45, 7) is 0. The summed E-state index contributed by atoms with van der Waals surface area (Å²) in [6, 6.07) is 38.3. The van der Waals surface area contributed by atoms with Crippen molar-refractivity contribution < 1.29 is 4.42 Å². The molecule has 0 fully saturated rings. The van der Waals surface area contributed by atoms with Crippen LogP contribution in [0.1, 0.15) is 11.3 Å². The fourth-order valence-corrected chi connectivity index (χ4v) is 3.52. The van der Waals surface area contributed by atoms with Crippen molar-refractivity contribution >= 4 is 11.5 Å². The van der Waals surface area contributed by atoms with E-state index in [9.17, 15) is 0 Å². The first-order valence-electron chi connectivity index (χ1n) is 10.2. The predicted molar refractivity (Wildman–Crippen MR) is 126 cm³/mol. The van der Waals surface area contributed by atoms with Gasteiger partial charge in [-0.25, -0.2) is 9.98 Å². The summed E-state index contributed by atoms with van der Waals surface area (Å²) in [6.07, 6.45) is 1.75. The van der Waals surface area contributed by atoms with Gasteiger partial charge in [-0.2, -0.15) is 0 Å². The molecular weight excluding hydrogens is 380 g/mol. The van der Waals surface area contributed by atoms with Crippen LogP contribution in [0.5, 0.6) is 0 Å². The lowest BCUT2D eigenvalue weighted by Gasteiger charge is -2.08. The molecule has 0 saturated carbocycles. The first kappa shape index (κ1) is 18.8. The Morgan fingerprint density at radius 2 is 1.26 bits per heavy atom. The van der Waals surface area contributed by atoms with Gasteiger partial charge in [0.05, 0.1) is 0 Å². The van der Waals surface area contributed by atoms with E-state index in [2.05, 4.69) is 35.3 Å². The molecule has 0 saturated heterocycles. The highest BCUT2D eigenvalue weighted by Crippen LogP contribution is 2.35. The van der Waals surface area contributed by atoms with Crippen LogP contribution in [0.25, 0.3) is 22.5 Å². The van der Waals surface area contributed by atoms with E-state index in [0.717, 1.165) is 39.5 Å². The van der Waals surface area contributed by atoms with E-state index >= 15 is 0 Å². The average Bonchev–Trinajstić information content (AvgIpc) is 3.30. The van der Waals surface area contributed by atoms with Crippen molar-refractivity contribution in [3.05, 3.63) is 133 Å². The highest BCUT2D eigenvalue weighted by molar-refractivity contribution is 6.15. The molecule has 2 heterocycles. The topological polar surface area (TPSA) is 38.4 Å². The molecule has 3 heteroatoms. The van der Waals surface area contributed by atoms with Crippen LogP contribution >= 0.6 is 0 Å². The summed E-state index contributed by atoms with van der Waals surface area (Å²) >= 11 is 0. The number of nitrogens with zero attached hydrogens (tertiary/aromatic N) is 2. The minimum absolute atomic E-state index is 0.637. The zero-order chi connectivity index (χ0) is 20.9. The lowest BCUT2D eigenvalue weighted by molar-refractivity contribution is 0.573. The lowest BCUT2D eigenvalue weighted by Crippen LogP contribution is -2.03. The fourth-order valence-electron chi connectivity index (χ4n) is 3.52. The van der Waals surface area contributed by atoms with Gasteiger partial charge < -0.3 is 4.42 Å². The van der Waals surface area contributed by atoms with Crippen LogP contribution < -0.4 is 0 Å². The van der Waals surface area contributed by atoms with Crippen molar-refractivity contribution in [1.82, 2.24) is 4.98 Å². The van der Waals surface area contributed by atoms with Gasteiger partial charge in [-0.3, -0.25) is 0 Å². The number of aromatic nitrogens is 1. The Kier molecular flexibility index (Phi) is 5.23. The lowest BCUT2D eigenvalue weighted by atomic mass is 9.99. The van der Waals surface area contributed by atoms with Crippen LogP contribution in [0.3, 0.4) is 0 Å². The van der Waals surface area contributed by atoms with Gasteiger partial charge in [0.2, 0.25) is 0 Å². The number of aliphatic imine (C=N–C) groups is 1. The quantitative estimate of drug-likeness (QED) is 0.293. The summed E-state index contributed by atoms with van der Waals surface area (Å²) in [5.74, 6) is 2.17. The molecule has 0 N–H and O–H groups in total. The third-order valence-corrected chi connectivity index (χ3v) is 5.01. The second-order valence-electron chi connectivity index (χ2n) is 7.10. The van der Waals surface area contributed by atoms with Crippen LogP contribution in [0.15, 0.2) is 131 Å². The van der Waals surface area contributed by atoms with E-state index in [1.807, 2.05) is 84.9 Å². The van der Waals surface area contributed by atoms with Crippen LogP contribution in [0.2, 0.25) is 0 Å². The van der Waals surface area contributed by atoms with Crippen molar-refractivity contribution in [3.63, 3.8) is 0 Å². The van der Waals surface area contributed by atoms with Crippen molar-refractivity contribution in [3.8, 4) is 22.5 Å². The molecule has 148 valence electrons. The Morgan fingerprint density at radius 3 is 1.90 bits per heavy atom. The van der Waals surface area contributed by atoms with E-state index in [-0.39, 0.29) is 0 Å². The Labute approximate surface area is 181 Å². The summed E-state index contributed by atoms with van der Waals surface area (Å²) in [4.78, 5) is 9.31. The van der Waals surface area contributed by atoms with Crippen LogP contribution in [0.4, 0.5) is 5.82 Å². The first-order chi connectivity index (χ1) is 15.4. The van der Waals surface area contributed by atoms with Crippen LogP contribution in [0, 0.1) is 0 Å². The van der Waals surface area contributed by atoms with Crippen molar-refractivity contribution in [2.24, 2.45) is 4.99 Å². The molecule has 0 aliphatic heterocycles. The largest absolute Gasteiger partial charge is 0.454 e. The maximum absolute atomic E-state index is 6.49. The van der Waals surface area contributed by atoms with E-state index in [0.29, 0.717) is 5.82 Å². The molecule has 0 aliphatic rings. The number of rotatable bonds is 5. The molecule has 5 rings (SSSR count). The number of hydrogen-bond donors (Lipinski definition) is 0. The van der Waals surface area contributed by atoms with Gasteiger partial charge in [-0.05, 0) is 23.8 Å². The average molecular weight is 400 g/mol. The summed E-state index contributed by atoms with van der Waals surface area (Å²) < 4.78 is 6.49. The number of furan rings is 1. The molecule has 0 amide bonds. The van der Waals surface area contributed by atoms with Crippen molar-refractivity contribution in [2.45, 2.75) is 0 Å². The molecule has 0 bridgehead atoms. The van der Waals surface area contributed by atoms with Gasteiger partial charge in [-0.15, -0.1) is 0 Å². The molecule has 0 radical (unpaired) electrons. The third-order valence-electron chi connectivity index (χ3n) is 5.01. The number of benzene rings is 3. The van der Waals surface area contributed by atoms with Crippen molar-refractivity contribution in [2.75, 3.05) is 0 Å². The second kappa shape index (κ2) is 8.64. The Morgan fingerprint density at radius 1 is 0.645 bits per heavy atom. The second-order valence-corrected chi connectivity index (χ2v) is 7.10. The highest BCUT2D eigenvalue weighted by Gasteiger charge is 2.20. The normalized spacial score (nSPS) is 11.4. The molecule has 31 heavy (non-hydrogen) atoms. The zero-order valence-electron chi connectivity index (χ0n) is 16.8. The molecule has 3 nitrogen and oxygen atoms in total. The summed E-state index contributed by atoms with van der Waals surface area (Å²) in [7, 11) is 0. The van der Waals surface area contributed by atoms with Gasteiger partial charge >= 0.3 is 0 Å². The molecule has 0 atom stereocenters. The Bertz CT molecular complexity index is 1290. The fraction of sp³-hybridized carbons (Fsp3) is 0. The highest BCUT2D eigenvalue weighted by atomic mass is 16.3. The van der Waals surface area contributed by atoms with Gasteiger partial charge in [0.1, 0.15) is 11.5 Å². The van der Waals surface area contributed by atoms with E-state index < -0.39 is 0 Å². The van der Waals surface area contributed by atoms with Gasteiger partial charge in [0.15, 0.2) is 11.6 Å². The Hall–Kier alpha value is -4.24. The van der Waals surface area contributed by atoms with E-state index in [1.165, 1.54) is 0 Å². The van der Waals surface area contributed by atoms with Crippen molar-refractivity contribution in [1.29, 1.82) is 0 Å². The zero-order valence-corrected chi connectivity index (χ0v) is 16.8. The van der Waals surface area contributed by atoms with Gasteiger partial charge in [0, 0.05) is 22.9 Å². The summed E-state index contributed by atoms with van der Waals surface area (Å²) in [5.41, 5.74) is 4.82. The minimum Gasteiger partial charge on any atom is -0.454 e. The SMILES string of the molecule is c1ccc(/C(=N\c2ccccn2)c2oc(-c3ccccc3)cc2-c2ccccc2)cc1. The standard InChI is InChI=1S/C28H20N2O/c1-4-12-21(13-5-1)24-20-25(22-14-6-2-7-15-22)31-28(24)27(23-16-8-3-9-17-23)30-26-18-10-11-19-29-26/h1-20H/b30-27+. The molecular formula is C28H20N2O. The predicted octanol–water partition coefficient (Wildman–Crippen LogP) is 7.18. The maximum Gasteiger partial charge on any atom is 0.161 e. The summed E-state index contributed by atoms with van der Waals surface area (Å²) in [5, 5.41) is 0. The Balaban J connectivity index is 1.75. The molecule has 3 aromatic carbocycles.